The van der Waals surface area contributed by atoms with Gasteiger partial charge in [-0.2, -0.15) is 4.31 Å². The van der Waals surface area contributed by atoms with Crippen LogP contribution in [0.5, 0.6) is 0 Å². The third-order valence-corrected chi connectivity index (χ3v) is 8.03. The first-order valence-electron chi connectivity index (χ1n) is 10.6. The van der Waals surface area contributed by atoms with Gasteiger partial charge in [-0.25, -0.2) is 8.42 Å². The molecular weight excluding hydrogens is 450 g/mol. The Kier molecular flexibility index (Phi) is 7.59. The number of aryl methyl sites for hydroxylation is 1. The van der Waals surface area contributed by atoms with Crippen LogP contribution in [0.3, 0.4) is 0 Å². The summed E-state index contributed by atoms with van der Waals surface area (Å²) >= 11 is 5.89. The van der Waals surface area contributed by atoms with Crippen LogP contribution in [0.4, 0.5) is 0 Å². The van der Waals surface area contributed by atoms with E-state index in [4.69, 9.17) is 11.6 Å². The van der Waals surface area contributed by atoms with E-state index in [1.807, 2.05) is 0 Å². The third-order valence-electron chi connectivity index (χ3n) is 5.73. The van der Waals surface area contributed by atoms with E-state index in [0.29, 0.717) is 61.0 Å². The first-order chi connectivity index (χ1) is 15.2. The maximum absolute atomic E-state index is 13.2. The Hall–Kier alpha value is -2.42. The Morgan fingerprint density at radius 2 is 1.44 bits per heavy atom. The Morgan fingerprint density at radius 3 is 1.97 bits per heavy atom. The maximum atomic E-state index is 13.2. The second-order valence-electron chi connectivity index (χ2n) is 7.66. The molecular formula is C23H28ClN3O4S. The number of hydrogen-bond donors (Lipinski definition) is 0. The van der Waals surface area contributed by atoms with Gasteiger partial charge in [-0.05, 0) is 48.9 Å². The molecule has 1 heterocycles. The van der Waals surface area contributed by atoms with Crippen molar-refractivity contribution in [2.75, 3.05) is 39.3 Å². The molecule has 0 bridgehead atoms. The lowest BCUT2D eigenvalue weighted by atomic mass is 10.1. The van der Waals surface area contributed by atoms with E-state index in [1.165, 1.54) is 10.4 Å². The molecule has 1 aliphatic rings. The van der Waals surface area contributed by atoms with Crippen LogP contribution in [-0.4, -0.2) is 73.6 Å². The van der Waals surface area contributed by atoms with Gasteiger partial charge in [0.15, 0.2) is 0 Å². The number of piperazine rings is 1. The largest absolute Gasteiger partial charge is 0.335 e. The Labute approximate surface area is 194 Å². The fourth-order valence-corrected chi connectivity index (χ4v) is 5.37. The van der Waals surface area contributed by atoms with Gasteiger partial charge in [-0.3, -0.25) is 9.59 Å². The zero-order valence-corrected chi connectivity index (χ0v) is 20.1. The van der Waals surface area contributed by atoms with Crippen molar-refractivity contribution in [2.24, 2.45) is 0 Å². The minimum atomic E-state index is -3.66. The average Bonchev–Trinajstić information content (AvgIpc) is 2.79. The summed E-state index contributed by atoms with van der Waals surface area (Å²) in [7, 11) is -3.66. The molecule has 0 spiro atoms. The van der Waals surface area contributed by atoms with Gasteiger partial charge in [0, 0.05) is 55.4 Å². The van der Waals surface area contributed by atoms with Crippen molar-refractivity contribution in [3.63, 3.8) is 0 Å². The van der Waals surface area contributed by atoms with Crippen molar-refractivity contribution in [3.05, 3.63) is 64.2 Å². The number of halogens is 1. The highest BCUT2D eigenvalue weighted by molar-refractivity contribution is 7.89. The van der Waals surface area contributed by atoms with Crippen molar-refractivity contribution < 1.29 is 18.0 Å². The Bertz CT molecular complexity index is 1090. The predicted molar refractivity (Wildman–Crippen MR) is 125 cm³/mol. The van der Waals surface area contributed by atoms with Crippen LogP contribution >= 0.6 is 11.6 Å². The summed E-state index contributed by atoms with van der Waals surface area (Å²) in [6, 6.07) is 11.4. The molecule has 1 fully saturated rings. The third kappa shape index (κ3) is 4.98. The Morgan fingerprint density at radius 1 is 0.906 bits per heavy atom. The first-order valence-corrected chi connectivity index (χ1v) is 12.5. The molecule has 0 aliphatic carbocycles. The van der Waals surface area contributed by atoms with E-state index in [-0.39, 0.29) is 16.7 Å². The van der Waals surface area contributed by atoms with Crippen LogP contribution < -0.4 is 0 Å². The van der Waals surface area contributed by atoms with E-state index in [0.717, 1.165) is 0 Å². The van der Waals surface area contributed by atoms with Crippen LogP contribution in [-0.2, 0) is 10.0 Å². The van der Waals surface area contributed by atoms with Crippen molar-refractivity contribution in [1.29, 1.82) is 0 Å². The van der Waals surface area contributed by atoms with E-state index >= 15 is 0 Å². The van der Waals surface area contributed by atoms with Crippen LogP contribution in [0.2, 0.25) is 5.02 Å². The average molecular weight is 478 g/mol. The molecule has 9 heteroatoms. The zero-order chi connectivity index (χ0) is 23.5. The molecule has 32 heavy (non-hydrogen) atoms. The van der Waals surface area contributed by atoms with E-state index < -0.39 is 10.0 Å². The van der Waals surface area contributed by atoms with Gasteiger partial charge in [-0.1, -0.05) is 31.5 Å². The lowest BCUT2D eigenvalue weighted by Crippen LogP contribution is -2.50. The van der Waals surface area contributed by atoms with Crippen LogP contribution in [0, 0.1) is 6.92 Å². The van der Waals surface area contributed by atoms with Gasteiger partial charge in [-0.15, -0.1) is 0 Å². The Balaban J connectivity index is 1.74. The van der Waals surface area contributed by atoms with Crippen molar-refractivity contribution in [2.45, 2.75) is 25.7 Å². The molecule has 1 saturated heterocycles. The van der Waals surface area contributed by atoms with Gasteiger partial charge in [0.1, 0.15) is 0 Å². The summed E-state index contributed by atoms with van der Waals surface area (Å²) in [5.41, 5.74) is 1.64. The summed E-state index contributed by atoms with van der Waals surface area (Å²) < 4.78 is 27.1. The lowest BCUT2D eigenvalue weighted by Gasteiger charge is -2.35. The second-order valence-corrected chi connectivity index (χ2v) is 10.0. The summed E-state index contributed by atoms with van der Waals surface area (Å²) in [6.45, 7) is 7.65. The van der Waals surface area contributed by atoms with Gasteiger partial charge in [0.05, 0.1) is 4.90 Å². The highest BCUT2D eigenvalue weighted by atomic mass is 35.5. The normalized spacial score (nSPS) is 14.7. The fourth-order valence-electron chi connectivity index (χ4n) is 3.76. The molecule has 2 aromatic rings. The summed E-state index contributed by atoms with van der Waals surface area (Å²) in [5.74, 6) is -0.324. The fraction of sp³-hybridized carbons (Fsp3) is 0.391. The van der Waals surface area contributed by atoms with Crippen LogP contribution in [0.15, 0.2) is 47.4 Å². The molecule has 7 nitrogen and oxygen atoms in total. The minimum Gasteiger partial charge on any atom is -0.335 e. The van der Waals surface area contributed by atoms with E-state index in [2.05, 4.69) is 0 Å². The molecule has 0 radical (unpaired) electrons. The van der Waals surface area contributed by atoms with Gasteiger partial charge in [0.2, 0.25) is 10.0 Å². The van der Waals surface area contributed by atoms with Crippen LogP contribution in [0.25, 0.3) is 0 Å². The minimum absolute atomic E-state index is 0.0998. The number of amides is 2. The SMILES string of the molecule is CCN(CC)S(=O)(=O)c1ccc(C)c(C(=O)N2CCN(C(=O)c3ccc(Cl)cc3)CC2)c1. The number of carbonyl (C=O) groups excluding carboxylic acids is 2. The first kappa shape index (κ1) is 24.2. The number of hydrogen-bond acceptors (Lipinski definition) is 4. The number of sulfonamides is 1. The van der Waals surface area contributed by atoms with E-state index in [1.54, 1.807) is 67.0 Å². The smallest absolute Gasteiger partial charge is 0.254 e. The molecule has 0 unspecified atom stereocenters. The molecule has 0 saturated carbocycles. The molecule has 0 atom stereocenters. The molecule has 2 aromatic carbocycles. The number of nitrogens with zero attached hydrogens (tertiary/aromatic N) is 3. The number of carbonyl (C=O) groups is 2. The monoisotopic (exact) mass is 477 g/mol. The highest BCUT2D eigenvalue weighted by Crippen LogP contribution is 2.22. The summed E-state index contributed by atoms with van der Waals surface area (Å²) in [6.07, 6.45) is 0. The lowest BCUT2D eigenvalue weighted by molar-refractivity contribution is 0.0535. The number of rotatable bonds is 6. The second kappa shape index (κ2) is 10.0. The highest BCUT2D eigenvalue weighted by Gasteiger charge is 2.28. The summed E-state index contributed by atoms with van der Waals surface area (Å²) in [4.78, 5) is 29.4. The molecule has 2 amide bonds. The zero-order valence-electron chi connectivity index (χ0n) is 18.5. The molecule has 3 rings (SSSR count). The van der Waals surface area contributed by atoms with Crippen molar-refractivity contribution in [3.8, 4) is 0 Å². The standard InChI is InChI=1S/C23H28ClN3O4S/c1-4-27(5-2)32(30,31)20-11-6-17(3)21(16-20)23(29)26-14-12-25(13-15-26)22(28)18-7-9-19(24)10-8-18/h6-11,16H,4-5,12-15H2,1-3H3. The number of benzene rings is 2. The molecule has 0 N–H and O–H groups in total. The maximum Gasteiger partial charge on any atom is 0.254 e. The van der Waals surface area contributed by atoms with Crippen molar-refractivity contribution >= 4 is 33.4 Å². The van der Waals surface area contributed by atoms with Crippen molar-refractivity contribution in [1.82, 2.24) is 14.1 Å². The molecule has 0 aromatic heterocycles. The molecule has 172 valence electrons. The predicted octanol–water partition coefficient (Wildman–Crippen LogP) is 3.28. The molecule has 1 aliphatic heterocycles. The quantitative estimate of drug-likeness (QED) is 0.639. The topological polar surface area (TPSA) is 78.0 Å². The van der Waals surface area contributed by atoms with Gasteiger partial charge < -0.3 is 9.80 Å². The van der Waals surface area contributed by atoms with Gasteiger partial charge >= 0.3 is 0 Å². The van der Waals surface area contributed by atoms with Gasteiger partial charge in [0.25, 0.3) is 11.8 Å². The van der Waals surface area contributed by atoms with Crippen LogP contribution in [0.1, 0.15) is 40.1 Å². The van der Waals surface area contributed by atoms with E-state index in [9.17, 15) is 18.0 Å². The summed E-state index contributed by atoms with van der Waals surface area (Å²) in [5, 5.41) is 0.567.